The van der Waals surface area contributed by atoms with E-state index in [2.05, 4.69) is 9.97 Å². The van der Waals surface area contributed by atoms with E-state index >= 15 is 0 Å². The molecule has 0 aliphatic carbocycles. The number of aromatic nitrogens is 4. The van der Waals surface area contributed by atoms with Gasteiger partial charge in [-0.3, -0.25) is 0 Å². The van der Waals surface area contributed by atoms with Crippen LogP contribution in [-0.2, 0) is 16.1 Å². The first-order valence-corrected chi connectivity index (χ1v) is 13.2. The van der Waals surface area contributed by atoms with Crippen LogP contribution in [0.25, 0.3) is 22.3 Å². The van der Waals surface area contributed by atoms with Crippen molar-refractivity contribution >= 4 is 34.6 Å². The number of nitrogens with zero attached hydrogens (tertiary/aromatic N) is 5. The fourth-order valence-corrected chi connectivity index (χ4v) is 4.77. The number of likely N-dealkylation sites (tertiary alicyclic amines) is 1. The molecule has 5 rings (SSSR count). The molecule has 208 valence electrons. The highest BCUT2D eigenvalue weighted by atomic mass is 16.6. The molecule has 40 heavy (non-hydrogen) atoms. The number of nitrogens with two attached hydrogens (primary N) is 2. The molecule has 0 saturated carbocycles. The second-order valence-corrected chi connectivity index (χ2v) is 10.8. The van der Waals surface area contributed by atoms with Gasteiger partial charge in [-0.05, 0) is 57.4 Å². The van der Waals surface area contributed by atoms with Gasteiger partial charge in [-0.15, -0.1) is 0 Å². The summed E-state index contributed by atoms with van der Waals surface area (Å²) in [6, 6.07) is 14.4. The van der Waals surface area contributed by atoms with E-state index in [9.17, 15) is 9.59 Å². The predicted octanol–water partition coefficient (Wildman–Crippen LogP) is 4.59. The Bertz CT molecular complexity index is 1540. The molecule has 4 N–H and O–H groups in total. The van der Waals surface area contributed by atoms with Crippen LogP contribution in [0.1, 0.15) is 55.6 Å². The van der Waals surface area contributed by atoms with E-state index in [1.807, 2.05) is 55.8 Å². The summed E-state index contributed by atoms with van der Waals surface area (Å²) in [5, 5.41) is 5.47. The summed E-state index contributed by atoms with van der Waals surface area (Å²) in [7, 11) is 0. The van der Waals surface area contributed by atoms with Crippen LogP contribution in [0.5, 0.6) is 0 Å². The Morgan fingerprint density at radius 2 is 1.75 bits per heavy atom. The molecular formula is C29H33N7O4. The van der Waals surface area contributed by atoms with Crippen molar-refractivity contribution < 1.29 is 19.1 Å². The van der Waals surface area contributed by atoms with Gasteiger partial charge in [-0.25, -0.2) is 24.2 Å². The number of rotatable bonds is 5. The lowest BCUT2D eigenvalue weighted by Crippen LogP contribution is -2.42. The number of esters is 1. The lowest BCUT2D eigenvalue weighted by molar-refractivity contribution is 0.0186. The van der Waals surface area contributed by atoms with E-state index < -0.39 is 11.6 Å². The molecule has 1 saturated heterocycles. The maximum atomic E-state index is 12.7. The van der Waals surface area contributed by atoms with E-state index in [4.69, 9.17) is 26.0 Å². The standard InChI is InChI=1S/C29H33N7O4/c1-29(2,3)40-28(38)35-13-11-20(12-14-35)36-26-23(25(31)32-17-33-26)24(34-36)21-10-9-19(15-22(21)30)27(37)39-16-18-7-5-4-6-8-18/h4-10,15,17,20H,11-14,16,30H2,1-3H3,(H2,31,32,33). The van der Waals surface area contributed by atoms with E-state index in [-0.39, 0.29) is 24.6 Å². The molecule has 1 fully saturated rings. The number of hydrogen-bond donors (Lipinski definition) is 2. The Hall–Kier alpha value is -4.67. The van der Waals surface area contributed by atoms with Crippen molar-refractivity contribution in [2.45, 2.75) is 51.9 Å². The number of ether oxygens (including phenoxy) is 2. The van der Waals surface area contributed by atoms with Crippen LogP contribution < -0.4 is 11.5 Å². The summed E-state index contributed by atoms with van der Waals surface area (Å²) in [4.78, 5) is 35.6. The molecular weight excluding hydrogens is 510 g/mol. The maximum absolute atomic E-state index is 12.7. The molecule has 0 spiro atoms. The van der Waals surface area contributed by atoms with Crippen LogP contribution in [0.2, 0.25) is 0 Å². The van der Waals surface area contributed by atoms with Crippen LogP contribution in [0, 0.1) is 0 Å². The number of fused-ring (bicyclic) bond motifs is 1. The zero-order valence-electron chi connectivity index (χ0n) is 22.8. The quantitative estimate of drug-likeness (QED) is 0.272. The fourth-order valence-electron chi connectivity index (χ4n) is 4.77. The molecule has 1 aliphatic heterocycles. The van der Waals surface area contributed by atoms with Gasteiger partial charge < -0.3 is 25.8 Å². The van der Waals surface area contributed by atoms with Gasteiger partial charge in [0.2, 0.25) is 0 Å². The third-order valence-electron chi connectivity index (χ3n) is 6.74. The highest BCUT2D eigenvalue weighted by Gasteiger charge is 2.30. The van der Waals surface area contributed by atoms with Crippen molar-refractivity contribution in [2.24, 2.45) is 0 Å². The van der Waals surface area contributed by atoms with E-state index in [1.165, 1.54) is 6.33 Å². The molecule has 11 heteroatoms. The minimum Gasteiger partial charge on any atom is -0.457 e. The Kier molecular flexibility index (Phi) is 7.29. The minimum absolute atomic E-state index is 0.0160. The first kappa shape index (κ1) is 26.9. The highest BCUT2D eigenvalue weighted by Crippen LogP contribution is 2.37. The maximum Gasteiger partial charge on any atom is 0.410 e. The van der Waals surface area contributed by atoms with Gasteiger partial charge >= 0.3 is 12.1 Å². The topological polar surface area (TPSA) is 151 Å². The number of anilines is 2. The van der Waals surface area contributed by atoms with Gasteiger partial charge in [0.1, 0.15) is 30.0 Å². The minimum atomic E-state index is -0.552. The van der Waals surface area contributed by atoms with Crippen LogP contribution >= 0.6 is 0 Å². The summed E-state index contributed by atoms with van der Waals surface area (Å²) in [6.07, 6.45) is 2.42. The van der Waals surface area contributed by atoms with Gasteiger partial charge in [-0.2, -0.15) is 5.10 Å². The van der Waals surface area contributed by atoms with Crippen LogP contribution in [-0.4, -0.2) is 55.4 Å². The Labute approximate surface area is 232 Å². The van der Waals surface area contributed by atoms with Crippen molar-refractivity contribution in [3.63, 3.8) is 0 Å². The summed E-state index contributed by atoms with van der Waals surface area (Å²) in [5.41, 5.74) is 15.5. The fraction of sp³-hybridized carbons (Fsp3) is 0.345. The van der Waals surface area contributed by atoms with Gasteiger partial charge in [-0.1, -0.05) is 30.3 Å². The second-order valence-electron chi connectivity index (χ2n) is 10.8. The smallest absolute Gasteiger partial charge is 0.410 e. The van der Waals surface area contributed by atoms with E-state index in [0.717, 1.165) is 5.56 Å². The zero-order chi connectivity index (χ0) is 28.4. The molecule has 2 aromatic carbocycles. The molecule has 11 nitrogen and oxygen atoms in total. The summed E-state index contributed by atoms with van der Waals surface area (Å²) in [5.74, 6) is -0.194. The second kappa shape index (κ2) is 10.8. The van der Waals surface area contributed by atoms with Gasteiger partial charge in [0.15, 0.2) is 5.65 Å². The zero-order valence-corrected chi connectivity index (χ0v) is 22.8. The highest BCUT2D eigenvalue weighted by molar-refractivity contribution is 6.01. The van der Waals surface area contributed by atoms with Crippen LogP contribution in [0.4, 0.5) is 16.3 Å². The Morgan fingerprint density at radius 3 is 2.42 bits per heavy atom. The van der Waals surface area contributed by atoms with Crippen molar-refractivity contribution in [3.05, 3.63) is 66.0 Å². The first-order chi connectivity index (χ1) is 19.1. The summed E-state index contributed by atoms with van der Waals surface area (Å²) >= 11 is 0. The molecule has 0 unspecified atom stereocenters. The normalized spacial score (nSPS) is 14.3. The van der Waals surface area contributed by atoms with Crippen molar-refractivity contribution in [1.29, 1.82) is 0 Å². The molecule has 0 radical (unpaired) electrons. The molecule has 0 bridgehead atoms. The largest absolute Gasteiger partial charge is 0.457 e. The molecule has 0 atom stereocenters. The predicted molar refractivity (Wildman–Crippen MR) is 151 cm³/mol. The van der Waals surface area contributed by atoms with E-state index in [1.54, 1.807) is 23.1 Å². The number of piperidine rings is 1. The lowest BCUT2D eigenvalue weighted by atomic mass is 10.0. The van der Waals surface area contributed by atoms with Crippen molar-refractivity contribution in [3.8, 4) is 11.3 Å². The number of amides is 1. The SMILES string of the molecule is CC(C)(C)OC(=O)N1CCC(n2nc(-c3ccc(C(=O)OCc4ccccc4)cc3N)c3c(N)ncnc32)CC1. The lowest BCUT2D eigenvalue weighted by Gasteiger charge is -2.33. The van der Waals surface area contributed by atoms with Crippen LogP contribution in [0.3, 0.4) is 0 Å². The van der Waals surface area contributed by atoms with Gasteiger partial charge in [0.05, 0.1) is 17.0 Å². The average molecular weight is 544 g/mol. The van der Waals surface area contributed by atoms with Crippen LogP contribution in [0.15, 0.2) is 54.9 Å². The first-order valence-electron chi connectivity index (χ1n) is 13.2. The Morgan fingerprint density at radius 1 is 1.02 bits per heavy atom. The number of nitrogen functional groups attached to an aromatic ring is 2. The molecule has 3 heterocycles. The monoisotopic (exact) mass is 543 g/mol. The number of hydrogen-bond acceptors (Lipinski definition) is 9. The van der Waals surface area contributed by atoms with Crippen molar-refractivity contribution in [2.75, 3.05) is 24.6 Å². The van der Waals surface area contributed by atoms with E-state index in [0.29, 0.717) is 59.5 Å². The summed E-state index contributed by atoms with van der Waals surface area (Å²) in [6.45, 7) is 6.77. The average Bonchev–Trinajstić information content (AvgIpc) is 3.32. The number of carbonyl (C=O) groups is 2. The van der Waals surface area contributed by atoms with Crippen molar-refractivity contribution in [1.82, 2.24) is 24.6 Å². The number of benzene rings is 2. The number of carbonyl (C=O) groups excluding carboxylic acids is 2. The Balaban J connectivity index is 1.38. The van der Waals surface area contributed by atoms with Gasteiger partial charge in [0, 0.05) is 24.3 Å². The molecule has 4 aromatic rings. The molecule has 1 amide bonds. The molecule has 2 aromatic heterocycles. The summed E-state index contributed by atoms with van der Waals surface area (Å²) < 4.78 is 12.8. The molecule has 1 aliphatic rings. The third kappa shape index (κ3) is 5.68. The van der Waals surface area contributed by atoms with Gasteiger partial charge in [0.25, 0.3) is 0 Å². The third-order valence-corrected chi connectivity index (χ3v) is 6.74.